The summed E-state index contributed by atoms with van der Waals surface area (Å²) in [4.78, 5) is 5.98. The number of fused-ring (bicyclic) bond motifs is 1. The fourth-order valence-electron chi connectivity index (χ4n) is 2.27. The number of benzene rings is 1. The van der Waals surface area contributed by atoms with Gasteiger partial charge in [0.1, 0.15) is 5.82 Å². The molecule has 114 valence electrons. The van der Waals surface area contributed by atoms with Gasteiger partial charge in [-0.1, -0.05) is 25.1 Å². The fourth-order valence-corrected chi connectivity index (χ4v) is 2.27. The molecule has 0 aliphatic heterocycles. The monoisotopic (exact) mass is 293 g/mol. The van der Waals surface area contributed by atoms with Crippen LogP contribution in [0, 0.1) is 0 Å². The average molecular weight is 293 g/mol. The second-order valence-corrected chi connectivity index (χ2v) is 5.11. The van der Waals surface area contributed by atoms with Crippen molar-refractivity contribution >= 4 is 16.7 Å². The normalized spacial score (nSPS) is 11.3. The zero-order valence-electron chi connectivity index (χ0n) is 12.4. The van der Waals surface area contributed by atoms with Crippen molar-refractivity contribution in [2.24, 2.45) is 0 Å². The van der Waals surface area contributed by atoms with E-state index in [1.54, 1.807) is 7.05 Å². The molecule has 0 amide bonds. The van der Waals surface area contributed by atoms with Crippen LogP contribution < -0.4 is 10.2 Å². The lowest BCUT2D eigenvalue weighted by atomic mass is 10.1. The lowest BCUT2D eigenvalue weighted by Crippen LogP contribution is -2.25. The van der Waals surface area contributed by atoms with Crippen molar-refractivity contribution in [1.29, 1.82) is 0 Å². The number of aromatic nitrogens is 1. The third kappa shape index (κ3) is 4.11. The van der Waals surface area contributed by atoms with Crippen molar-refractivity contribution in [1.82, 2.24) is 10.3 Å². The van der Waals surface area contributed by atoms with Crippen LogP contribution in [0.1, 0.15) is 18.9 Å². The van der Waals surface area contributed by atoms with E-state index in [4.69, 9.17) is 0 Å². The highest BCUT2D eigenvalue weighted by Crippen LogP contribution is 2.22. The fraction of sp³-hybridized carbons (Fsp3) is 0.438. The highest BCUT2D eigenvalue weighted by atomic mass is 19.3. The van der Waals surface area contributed by atoms with Crippen molar-refractivity contribution in [3.05, 3.63) is 35.9 Å². The smallest absolute Gasteiger partial charge is 0.255 e. The number of hydrogen-bond donors (Lipinski definition) is 1. The van der Waals surface area contributed by atoms with Crippen LogP contribution >= 0.6 is 0 Å². The molecule has 1 aromatic carbocycles. The van der Waals surface area contributed by atoms with Crippen LogP contribution in [0.25, 0.3) is 10.9 Å². The van der Waals surface area contributed by atoms with Gasteiger partial charge >= 0.3 is 0 Å². The summed E-state index contributed by atoms with van der Waals surface area (Å²) in [6.07, 6.45) is -1.31. The molecule has 3 nitrogen and oxygen atoms in total. The molecule has 0 fully saturated rings. The van der Waals surface area contributed by atoms with Crippen LogP contribution in [0.5, 0.6) is 0 Å². The molecule has 1 aromatic heterocycles. The summed E-state index contributed by atoms with van der Waals surface area (Å²) in [6, 6.07) is 9.71. The maximum absolute atomic E-state index is 12.6. The molecule has 0 atom stereocenters. The summed E-state index contributed by atoms with van der Waals surface area (Å²) in [7, 11) is 1.65. The molecule has 2 rings (SSSR count). The number of nitrogens with one attached hydrogen (secondary N) is 1. The lowest BCUT2D eigenvalue weighted by Gasteiger charge is -2.19. The molecule has 0 aliphatic rings. The molecule has 0 bridgehead atoms. The Hall–Kier alpha value is -1.75. The number of pyridine rings is 1. The molecule has 1 heterocycles. The molecule has 1 N–H and O–H groups in total. The largest absolute Gasteiger partial charge is 0.354 e. The Labute approximate surface area is 124 Å². The van der Waals surface area contributed by atoms with Gasteiger partial charge in [0.05, 0.1) is 12.1 Å². The quantitative estimate of drug-likeness (QED) is 0.793. The molecule has 0 aliphatic carbocycles. The van der Waals surface area contributed by atoms with E-state index in [0.717, 1.165) is 29.4 Å². The van der Waals surface area contributed by atoms with E-state index in [1.807, 2.05) is 30.3 Å². The molecule has 2 aromatic rings. The van der Waals surface area contributed by atoms with Gasteiger partial charge in [0.2, 0.25) is 0 Å². The third-order valence-corrected chi connectivity index (χ3v) is 3.33. The minimum Gasteiger partial charge on any atom is -0.354 e. The average Bonchev–Trinajstić information content (AvgIpc) is 2.46. The van der Waals surface area contributed by atoms with Crippen LogP contribution in [-0.2, 0) is 6.54 Å². The number of halogens is 2. The number of para-hydroxylation sites is 1. The molecule has 21 heavy (non-hydrogen) atoms. The SMILES string of the molecule is CCCNCc1cc(N(C)CC(F)F)nc2ccccc12. The predicted molar refractivity (Wildman–Crippen MR) is 83.0 cm³/mol. The van der Waals surface area contributed by atoms with E-state index >= 15 is 0 Å². The minimum atomic E-state index is -2.37. The first-order valence-electron chi connectivity index (χ1n) is 7.20. The maximum Gasteiger partial charge on any atom is 0.255 e. The first kappa shape index (κ1) is 15.6. The molecule has 0 saturated carbocycles. The number of nitrogens with zero attached hydrogens (tertiary/aromatic N) is 2. The van der Waals surface area contributed by atoms with E-state index in [1.165, 1.54) is 4.90 Å². The Bertz CT molecular complexity index is 587. The second-order valence-electron chi connectivity index (χ2n) is 5.11. The molecule has 5 heteroatoms. The zero-order chi connectivity index (χ0) is 15.2. The third-order valence-electron chi connectivity index (χ3n) is 3.33. The standard InChI is InChI=1S/C16H21F2N3/c1-3-8-19-10-12-9-16(21(2)11-15(17)18)20-14-7-5-4-6-13(12)14/h4-7,9,15,19H,3,8,10-11H2,1-2H3. The lowest BCUT2D eigenvalue weighted by molar-refractivity contribution is 0.156. The van der Waals surface area contributed by atoms with Gasteiger partial charge in [-0.15, -0.1) is 0 Å². The van der Waals surface area contributed by atoms with E-state index in [9.17, 15) is 8.78 Å². The summed E-state index contributed by atoms with van der Waals surface area (Å²) >= 11 is 0. The van der Waals surface area contributed by atoms with Crippen molar-refractivity contribution in [2.75, 3.05) is 25.0 Å². The molecule has 0 unspecified atom stereocenters. The highest BCUT2D eigenvalue weighted by Gasteiger charge is 2.12. The number of rotatable bonds is 7. The van der Waals surface area contributed by atoms with Crippen LogP contribution in [0.3, 0.4) is 0 Å². The second kappa shape index (κ2) is 7.31. The Kier molecular flexibility index (Phi) is 5.44. The highest BCUT2D eigenvalue weighted by molar-refractivity contribution is 5.84. The molecular weight excluding hydrogens is 272 g/mol. The van der Waals surface area contributed by atoms with Gasteiger partial charge in [-0.05, 0) is 30.7 Å². The van der Waals surface area contributed by atoms with Crippen LogP contribution in [0.15, 0.2) is 30.3 Å². The van der Waals surface area contributed by atoms with Gasteiger partial charge in [-0.25, -0.2) is 13.8 Å². The topological polar surface area (TPSA) is 28.2 Å². The van der Waals surface area contributed by atoms with E-state index in [-0.39, 0.29) is 6.54 Å². The summed E-state index contributed by atoms with van der Waals surface area (Å²) in [5.41, 5.74) is 1.93. The summed E-state index contributed by atoms with van der Waals surface area (Å²) in [5, 5.41) is 4.42. The Balaban J connectivity index is 2.34. The van der Waals surface area contributed by atoms with Crippen LogP contribution in [-0.4, -0.2) is 31.5 Å². The summed E-state index contributed by atoms with van der Waals surface area (Å²) in [6.45, 7) is 3.44. The number of alkyl halides is 2. The van der Waals surface area contributed by atoms with Gasteiger partial charge < -0.3 is 10.2 Å². The first-order valence-corrected chi connectivity index (χ1v) is 7.20. The van der Waals surface area contributed by atoms with Gasteiger partial charge in [0.15, 0.2) is 0 Å². The Morgan fingerprint density at radius 3 is 2.76 bits per heavy atom. The van der Waals surface area contributed by atoms with E-state index < -0.39 is 6.43 Å². The van der Waals surface area contributed by atoms with E-state index in [2.05, 4.69) is 17.2 Å². The number of hydrogen-bond acceptors (Lipinski definition) is 3. The van der Waals surface area contributed by atoms with Crippen LogP contribution in [0.2, 0.25) is 0 Å². The van der Waals surface area contributed by atoms with Crippen LogP contribution in [0.4, 0.5) is 14.6 Å². The molecular formula is C16H21F2N3. The predicted octanol–water partition coefficient (Wildman–Crippen LogP) is 3.44. The van der Waals surface area contributed by atoms with Gasteiger partial charge in [-0.2, -0.15) is 0 Å². The zero-order valence-corrected chi connectivity index (χ0v) is 12.4. The van der Waals surface area contributed by atoms with Gasteiger partial charge in [-0.3, -0.25) is 0 Å². The Morgan fingerprint density at radius 2 is 2.05 bits per heavy atom. The first-order chi connectivity index (χ1) is 10.1. The van der Waals surface area contributed by atoms with Crippen molar-refractivity contribution in [3.63, 3.8) is 0 Å². The van der Waals surface area contributed by atoms with Crippen molar-refractivity contribution in [2.45, 2.75) is 26.3 Å². The Morgan fingerprint density at radius 1 is 1.29 bits per heavy atom. The van der Waals surface area contributed by atoms with Crippen molar-refractivity contribution in [3.8, 4) is 0 Å². The molecule has 0 radical (unpaired) electrons. The van der Waals surface area contributed by atoms with E-state index in [0.29, 0.717) is 12.4 Å². The molecule has 0 saturated heterocycles. The minimum absolute atomic E-state index is 0.312. The maximum atomic E-state index is 12.6. The van der Waals surface area contributed by atoms with Gasteiger partial charge in [0, 0.05) is 19.0 Å². The molecule has 0 spiro atoms. The summed E-state index contributed by atoms with van der Waals surface area (Å²) < 4.78 is 25.1. The van der Waals surface area contributed by atoms with Crippen molar-refractivity contribution < 1.29 is 8.78 Å². The summed E-state index contributed by atoms with van der Waals surface area (Å²) in [5.74, 6) is 0.585. The van der Waals surface area contributed by atoms with Gasteiger partial charge in [0.25, 0.3) is 6.43 Å². The number of anilines is 1.